The van der Waals surface area contributed by atoms with Gasteiger partial charge in [0.25, 0.3) is 0 Å². The molecule has 3 rings (SSSR count). The summed E-state index contributed by atoms with van der Waals surface area (Å²) in [7, 11) is 0. The van der Waals surface area contributed by atoms with Crippen molar-refractivity contribution in [3.63, 3.8) is 0 Å². The van der Waals surface area contributed by atoms with Crippen molar-refractivity contribution in [3.8, 4) is 0 Å². The normalized spacial score (nSPS) is 32.0. The molecule has 1 N–H and O–H groups in total. The predicted molar refractivity (Wildman–Crippen MR) is 132 cm³/mol. The number of ether oxygens (including phenoxy) is 2. The second kappa shape index (κ2) is 11.4. The molecule has 8 nitrogen and oxygen atoms in total. The monoisotopic (exact) mass is 492 g/mol. The van der Waals surface area contributed by atoms with Crippen LogP contribution >= 0.6 is 0 Å². The number of nitrogens with zero attached hydrogens (tertiary/aromatic N) is 2. The summed E-state index contributed by atoms with van der Waals surface area (Å²) in [6.45, 7) is 12.8. The molecule has 2 amide bonds. The van der Waals surface area contributed by atoms with E-state index in [0.29, 0.717) is 45.2 Å². The molecule has 0 aromatic carbocycles. The summed E-state index contributed by atoms with van der Waals surface area (Å²) in [6, 6.07) is -0.784. The van der Waals surface area contributed by atoms with Crippen molar-refractivity contribution in [1.29, 1.82) is 0 Å². The Hall–Kier alpha value is -1.93. The first-order chi connectivity index (χ1) is 16.8. The summed E-state index contributed by atoms with van der Waals surface area (Å²) in [5.74, 6) is -2.12. The number of esters is 1. The largest absolute Gasteiger partial charge is 0.466 e. The van der Waals surface area contributed by atoms with Crippen molar-refractivity contribution in [2.24, 2.45) is 11.8 Å². The van der Waals surface area contributed by atoms with Gasteiger partial charge in [0.1, 0.15) is 17.6 Å². The Morgan fingerprint density at radius 2 is 2.03 bits per heavy atom. The molecule has 35 heavy (non-hydrogen) atoms. The SMILES string of the molecule is C=CCN(C(=O)C1N(CCCCCO)C(=O)[C@@H]2[C@@H](C(=O)OCC)[C@@]3(CC)CCC12O3)C(C)CCC. The van der Waals surface area contributed by atoms with Gasteiger partial charge in [-0.15, -0.1) is 6.58 Å². The second-order valence-corrected chi connectivity index (χ2v) is 10.3. The standard InChI is InChI=1S/C27H44N2O6/c1-6-13-19(5)28(16-7-2)24(32)22-27-15-14-26(8-3,35-27)21(25(33)34-9-4)20(27)23(31)29(22)17-11-10-12-18-30/h7,19-22,30H,2,6,8-18H2,1,3-5H3/t19?,20-,21-,22?,26+,27?/m0/s1. The van der Waals surface area contributed by atoms with Gasteiger partial charge in [0, 0.05) is 25.7 Å². The van der Waals surface area contributed by atoms with Gasteiger partial charge >= 0.3 is 5.97 Å². The van der Waals surface area contributed by atoms with Crippen LogP contribution in [0.2, 0.25) is 0 Å². The second-order valence-electron chi connectivity index (χ2n) is 10.3. The van der Waals surface area contributed by atoms with Gasteiger partial charge in [-0.25, -0.2) is 0 Å². The van der Waals surface area contributed by atoms with Crippen LogP contribution in [-0.2, 0) is 23.9 Å². The molecule has 3 unspecified atom stereocenters. The molecule has 0 aliphatic carbocycles. The summed E-state index contributed by atoms with van der Waals surface area (Å²) < 4.78 is 12.2. The third-order valence-electron chi connectivity index (χ3n) is 8.36. The molecule has 6 atom stereocenters. The Balaban J connectivity index is 2.05. The van der Waals surface area contributed by atoms with Crippen LogP contribution in [0, 0.1) is 11.8 Å². The Kier molecular flexibility index (Phi) is 9.02. The molecule has 3 heterocycles. The van der Waals surface area contributed by atoms with E-state index < -0.39 is 35.0 Å². The average Bonchev–Trinajstić information content (AvgIpc) is 3.44. The Bertz CT molecular complexity index is 803. The highest BCUT2D eigenvalue weighted by molar-refractivity contribution is 5.98. The molecule has 2 bridgehead atoms. The first-order valence-corrected chi connectivity index (χ1v) is 13.5. The van der Waals surface area contributed by atoms with E-state index in [9.17, 15) is 19.5 Å². The van der Waals surface area contributed by atoms with Crippen molar-refractivity contribution in [2.75, 3.05) is 26.3 Å². The Morgan fingerprint density at radius 3 is 2.63 bits per heavy atom. The highest BCUT2D eigenvalue weighted by Crippen LogP contribution is 2.64. The van der Waals surface area contributed by atoms with Crippen LogP contribution in [-0.4, -0.2) is 82.3 Å². The van der Waals surface area contributed by atoms with Crippen molar-refractivity contribution < 1.29 is 29.0 Å². The van der Waals surface area contributed by atoms with E-state index in [1.807, 2.05) is 18.7 Å². The molecule has 0 radical (unpaired) electrons. The highest BCUT2D eigenvalue weighted by Gasteiger charge is 2.79. The summed E-state index contributed by atoms with van der Waals surface area (Å²) in [5.41, 5.74) is -1.80. The molecule has 3 aliphatic rings. The molecule has 1 spiro atoms. The van der Waals surface area contributed by atoms with E-state index in [2.05, 4.69) is 13.5 Å². The van der Waals surface area contributed by atoms with Gasteiger partial charge in [0.2, 0.25) is 11.8 Å². The van der Waals surface area contributed by atoms with Crippen molar-refractivity contribution in [2.45, 2.75) is 102 Å². The minimum absolute atomic E-state index is 0.00752. The molecule has 0 aromatic rings. The molecule has 3 saturated heterocycles. The number of unbranched alkanes of at least 4 members (excludes halogenated alkanes) is 2. The zero-order valence-electron chi connectivity index (χ0n) is 22.0. The summed E-state index contributed by atoms with van der Waals surface area (Å²) in [5, 5.41) is 9.19. The molecule has 0 aromatic heterocycles. The lowest BCUT2D eigenvalue weighted by Crippen LogP contribution is -2.58. The fourth-order valence-corrected chi connectivity index (χ4v) is 6.76. The molecule has 0 saturated carbocycles. The number of aliphatic hydroxyl groups excluding tert-OH is 1. The van der Waals surface area contributed by atoms with E-state index in [0.717, 1.165) is 19.3 Å². The van der Waals surface area contributed by atoms with Crippen LogP contribution in [0.4, 0.5) is 0 Å². The molecule has 198 valence electrons. The van der Waals surface area contributed by atoms with E-state index in [1.54, 1.807) is 17.9 Å². The smallest absolute Gasteiger partial charge is 0.312 e. The molecule has 3 aliphatic heterocycles. The minimum atomic E-state index is -1.02. The summed E-state index contributed by atoms with van der Waals surface area (Å²) >= 11 is 0. The maximum absolute atomic E-state index is 14.3. The van der Waals surface area contributed by atoms with Crippen molar-refractivity contribution in [1.82, 2.24) is 9.80 Å². The van der Waals surface area contributed by atoms with E-state index >= 15 is 0 Å². The third kappa shape index (κ3) is 4.64. The zero-order chi connectivity index (χ0) is 25.8. The van der Waals surface area contributed by atoms with Crippen LogP contribution in [0.25, 0.3) is 0 Å². The number of rotatable bonds is 14. The number of hydrogen-bond donors (Lipinski definition) is 1. The first kappa shape index (κ1) is 27.7. The van der Waals surface area contributed by atoms with E-state index in [1.165, 1.54) is 0 Å². The van der Waals surface area contributed by atoms with Crippen LogP contribution in [0.3, 0.4) is 0 Å². The van der Waals surface area contributed by atoms with Crippen LogP contribution in [0.5, 0.6) is 0 Å². The first-order valence-electron chi connectivity index (χ1n) is 13.5. The number of aliphatic hydroxyl groups is 1. The Labute approximate surface area is 210 Å². The van der Waals surface area contributed by atoms with Crippen molar-refractivity contribution in [3.05, 3.63) is 12.7 Å². The molecular weight excluding hydrogens is 448 g/mol. The zero-order valence-corrected chi connectivity index (χ0v) is 22.0. The fourth-order valence-electron chi connectivity index (χ4n) is 6.76. The van der Waals surface area contributed by atoms with Gasteiger partial charge in [-0.1, -0.05) is 26.3 Å². The lowest BCUT2D eigenvalue weighted by Gasteiger charge is -2.39. The van der Waals surface area contributed by atoms with E-state index in [4.69, 9.17) is 9.47 Å². The Morgan fingerprint density at radius 1 is 1.29 bits per heavy atom. The summed E-state index contributed by atoms with van der Waals surface area (Å²) in [4.78, 5) is 44.9. The van der Waals surface area contributed by atoms with Crippen LogP contribution in [0.1, 0.15) is 79.1 Å². The molecule has 3 fully saturated rings. The van der Waals surface area contributed by atoms with Gasteiger partial charge in [-0.2, -0.15) is 0 Å². The summed E-state index contributed by atoms with van der Waals surface area (Å²) in [6.07, 6.45) is 7.36. The van der Waals surface area contributed by atoms with Crippen molar-refractivity contribution >= 4 is 17.8 Å². The predicted octanol–water partition coefficient (Wildman–Crippen LogP) is 3.07. The lowest BCUT2D eigenvalue weighted by molar-refractivity contribution is -0.162. The van der Waals surface area contributed by atoms with Gasteiger partial charge < -0.3 is 24.4 Å². The van der Waals surface area contributed by atoms with Gasteiger partial charge in [0.15, 0.2) is 0 Å². The topological polar surface area (TPSA) is 96.4 Å². The number of likely N-dealkylation sites (tertiary alicyclic amines) is 1. The number of fused-ring (bicyclic) bond motifs is 1. The van der Waals surface area contributed by atoms with Gasteiger partial charge in [-0.05, 0) is 58.8 Å². The highest BCUT2D eigenvalue weighted by atomic mass is 16.6. The molecular formula is C27H44N2O6. The lowest BCUT2D eigenvalue weighted by atomic mass is 9.65. The third-order valence-corrected chi connectivity index (χ3v) is 8.36. The average molecular weight is 493 g/mol. The quantitative estimate of drug-likeness (QED) is 0.227. The van der Waals surface area contributed by atoms with Crippen LogP contribution < -0.4 is 0 Å². The minimum Gasteiger partial charge on any atom is -0.466 e. The number of carbonyl (C=O) groups is 3. The van der Waals surface area contributed by atoms with Gasteiger partial charge in [0.05, 0.1) is 18.1 Å². The van der Waals surface area contributed by atoms with Gasteiger partial charge in [-0.3, -0.25) is 14.4 Å². The number of hydrogen-bond acceptors (Lipinski definition) is 6. The number of carbonyl (C=O) groups excluding carboxylic acids is 3. The fraction of sp³-hybridized carbons (Fsp3) is 0.815. The number of amides is 2. The molecule has 8 heteroatoms. The maximum atomic E-state index is 14.3. The van der Waals surface area contributed by atoms with Crippen LogP contribution in [0.15, 0.2) is 12.7 Å². The van der Waals surface area contributed by atoms with E-state index in [-0.39, 0.29) is 31.1 Å². The maximum Gasteiger partial charge on any atom is 0.312 e.